The molecule has 0 bridgehead atoms. The summed E-state index contributed by atoms with van der Waals surface area (Å²) < 4.78 is 0. The van der Waals surface area contributed by atoms with Gasteiger partial charge < -0.3 is 34.8 Å². The van der Waals surface area contributed by atoms with Gasteiger partial charge in [0.1, 0.15) is 0 Å². The van der Waals surface area contributed by atoms with Gasteiger partial charge in [0.25, 0.3) is 0 Å². The molecule has 0 atom stereocenters. The smallest absolute Gasteiger partial charge is 1.00 e. The molecule has 0 saturated heterocycles. The fraction of sp³-hybridized carbons (Fsp3) is 0. The van der Waals surface area contributed by atoms with E-state index < -0.39 is 0 Å². The maximum atomic E-state index is 2.74. The summed E-state index contributed by atoms with van der Waals surface area (Å²) >= 11 is 0. The second-order valence-corrected chi connectivity index (χ2v) is 1.63. The minimum Gasteiger partial charge on any atom is -1.00 e. The van der Waals surface area contributed by atoms with E-state index in [4.69, 9.17) is 0 Å². The molecule has 0 fully saturated rings. The zero-order chi connectivity index (χ0) is 7.07. The molecule has 0 unspecified atom stereocenters. The predicted molar refractivity (Wildman–Crippen MR) is 39.3 cm³/mol. The molecule has 0 amide bonds. The molecule has 2 aromatic rings. The van der Waals surface area contributed by atoms with Crippen LogP contribution < -0.4 is 24.8 Å². The van der Waals surface area contributed by atoms with Crippen LogP contribution in [0, 0.1) is 12.4 Å². The Morgan fingerprint density at radius 1 is 0.769 bits per heavy atom. The maximum absolute atomic E-state index is 2.74. The van der Waals surface area contributed by atoms with Crippen molar-refractivity contribution in [2.24, 2.45) is 0 Å². The molecule has 0 aliphatic rings. The van der Waals surface area contributed by atoms with Crippen molar-refractivity contribution in [1.29, 1.82) is 0 Å². The van der Waals surface area contributed by atoms with Crippen LogP contribution in [0.4, 0.5) is 0 Å². The fourth-order valence-corrected chi connectivity index (χ4v) is 0.481. The summed E-state index contributed by atoms with van der Waals surface area (Å²) in [5, 5.41) is 0. The minimum absolute atomic E-state index is 0. The van der Waals surface area contributed by atoms with Crippen molar-refractivity contribution in [2.45, 2.75) is 0 Å². The van der Waals surface area contributed by atoms with E-state index in [1.165, 1.54) is 0 Å². The standard InChI is InChI=1S/2C4H4N.2ClH.Ti/c2*1-2-4-5-3-1;;;/h2*1-3,5H;2*1H;/q2*-1;;;+4/p-2. The SMILES string of the molecule is [Cl-].[Cl-].[Ti+4].[c-]1ccc[nH]1.[c-]1ccc[nH]1. The van der Waals surface area contributed by atoms with Gasteiger partial charge in [-0.1, -0.05) is 0 Å². The topological polar surface area (TPSA) is 31.6 Å². The number of H-pyrrole nitrogens is 2. The molecule has 2 aromatic heterocycles. The molecule has 0 spiro atoms. The summed E-state index contributed by atoms with van der Waals surface area (Å²) in [5.74, 6) is 0. The van der Waals surface area contributed by atoms with Gasteiger partial charge in [0.05, 0.1) is 0 Å². The molecule has 0 saturated carbocycles. The number of hydrogen-bond donors (Lipinski definition) is 2. The number of hydrogen-bond acceptors (Lipinski definition) is 0. The molecule has 0 radical (unpaired) electrons. The van der Waals surface area contributed by atoms with E-state index in [-0.39, 0.29) is 46.5 Å². The number of rotatable bonds is 0. The average Bonchev–Trinajstić information content (AvgIpc) is 2.67. The molecule has 0 aliphatic heterocycles. The first-order chi connectivity index (χ1) is 5.00. The maximum Gasteiger partial charge on any atom is 4.00 e. The van der Waals surface area contributed by atoms with E-state index in [0.717, 1.165) is 0 Å². The zero-order valence-corrected chi connectivity index (χ0v) is 9.79. The monoisotopic (exact) mass is 250 g/mol. The largest absolute Gasteiger partial charge is 4.00 e. The van der Waals surface area contributed by atoms with E-state index in [0.29, 0.717) is 0 Å². The van der Waals surface area contributed by atoms with E-state index in [1.54, 1.807) is 0 Å². The van der Waals surface area contributed by atoms with Crippen molar-refractivity contribution >= 4 is 0 Å². The van der Waals surface area contributed by atoms with Gasteiger partial charge in [0.15, 0.2) is 0 Å². The third kappa shape index (κ3) is 11.9. The number of halogens is 2. The molecule has 2 N–H and O–H groups in total. The van der Waals surface area contributed by atoms with Crippen molar-refractivity contribution in [1.82, 2.24) is 9.97 Å². The van der Waals surface area contributed by atoms with Gasteiger partial charge in [-0.3, -0.25) is 0 Å². The second kappa shape index (κ2) is 14.4. The Bertz CT molecular complexity index is 159. The Labute approximate surface area is 105 Å². The van der Waals surface area contributed by atoms with Crippen LogP contribution in [0.5, 0.6) is 0 Å². The molecule has 68 valence electrons. The normalized spacial score (nSPS) is 6.15. The summed E-state index contributed by atoms with van der Waals surface area (Å²) in [4.78, 5) is 5.47. The average molecular weight is 251 g/mol. The fourth-order valence-electron chi connectivity index (χ4n) is 0.481. The molecule has 13 heavy (non-hydrogen) atoms. The van der Waals surface area contributed by atoms with Crippen LogP contribution in [0.25, 0.3) is 0 Å². The van der Waals surface area contributed by atoms with Crippen molar-refractivity contribution in [3.05, 3.63) is 49.1 Å². The number of aromatic nitrogens is 2. The molecule has 0 aromatic carbocycles. The van der Waals surface area contributed by atoms with Crippen LogP contribution in [0.3, 0.4) is 0 Å². The van der Waals surface area contributed by atoms with Crippen LogP contribution in [0.15, 0.2) is 36.7 Å². The Morgan fingerprint density at radius 3 is 1.23 bits per heavy atom. The van der Waals surface area contributed by atoms with Crippen LogP contribution in [0.1, 0.15) is 0 Å². The summed E-state index contributed by atoms with van der Waals surface area (Å²) in [6.07, 6.45) is 9.11. The van der Waals surface area contributed by atoms with E-state index in [2.05, 4.69) is 22.4 Å². The molecule has 0 aliphatic carbocycles. The Morgan fingerprint density at radius 2 is 1.15 bits per heavy atom. The van der Waals surface area contributed by atoms with Crippen LogP contribution >= 0.6 is 0 Å². The summed E-state index contributed by atoms with van der Waals surface area (Å²) in [7, 11) is 0. The number of nitrogens with one attached hydrogen (secondary N) is 2. The van der Waals surface area contributed by atoms with Crippen molar-refractivity contribution in [3.63, 3.8) is 0 Å². The van der Waals surface area contributed by atoms with E-state index in [9.17, 15) is 0 Å². The van der Waals surface area contributed by atoms with Gasteiger partial charge in [-0.25, -0.2) is 0 Å². The van der Waals surface area contributed by atoms with Gasteiger partial charge in [0, 0.05) is 0 Å². The van der Waals surface area contributed by atoms with Gasteiger partial charge in [-0.2, -0.15) is 36.7 Å². The summed E-state index contributed by atoms with van der Waals surface area (Å²) in [5.41, 5.74) is 0. The Balaban J connectivity index is -0.000000125. The van der Waals surface area contributed by atoms with Gasteiger partial charge >= 0.3 is 21.7 Å². The van der Waals surface area contributed by atoms with Crippen molar-refractivity contribution in [3.8, 4) is 0 Å². The predicted octanol–water partition coefficient (Wildman–Crippen LogP) is -4.36. The first kappa shape index (κ1) is 18.6. The van der Waals surface area contributed by atoms with Gasteiger partial charge in [-0.05, 0) is 0 Å². The van der Waals surface area contributed by atoms with E-state index in [1.807, 2.05) is 36.7 Å². The molecule has 2 heterocycles. The molecule has 2 rings (SSSR count). The van der Waals surface area contributed by atoms with E-state index >= 15 is 0 Å². The first-order valence-corrected chi connectivity index (χ1v) is 2.99. The second-order valence-electron chi connectivity index (χ2n) is 1.63. The first-order valence-electron chi connectivity index (χ1n) is 2.99. The van der Waals surface area contributed by atoms with Gasteiger partial charge in [0.2, 0.25) is 0 Å². The minimum atomic E-state index is 0. The quantitative estimate of drug-likeness (QED) is 0.350. The third-order valence-corrected chi connectivity index (χ3v) is 0.885. The Hall–Kier alpha value is -0.146. The molecule has 5 heteroatoms. The van der Waals surface area contributed by atoms with Crippen molar-refractivity contribution in [2.75, 3.05) is 0 Å². The number of aromatic amines is 2. The molecule has 2 nitrogen and oxygen atoms in total. The molecular formula is C8H8Cl2N2Ti. The van der Waals surface area contributed by atoms with Crippen LogP contribution in [-0.4, -0.2) is 9.97 Å². The van der Waals surface area contributed by atoms with Gasteiger partial charge in [-0.15, -0.1) is 12.4 Å². The molecular weight excluding hydrogens is 243 g/mol. The summed E-state index contributed by atoms with van der Waals surface area (Å²) in [6.45, 7) is 0. The van der Waals surface area contributed by atoms with Crippen LogP contribution in [-0.2, 0) is 21.7 Å². The third-order valence-electron chi connectivity index (χ3n) is 0.885. The summed E-state index contributed by atoms with van der Waals surface area (Å²) in [6, 6.07) is 7.42. The van der Waals surface area contributed by atoms with Crippen molar-refractivity contribution < 1.29 is 46.5 Å². The Kier molecular flexibility index (Phi) is 20.6. The zero-order valence-electron chi connectivity index (χ0n) is 6.72. The van der Waals surface area contributed by atoms with Crippen LogP contribution in [0.2, 0.25) is 0 Å².